The van der Waals surface area contributed by atoms with Crippen LogP contribution >= 0.6 is 0 Å². The van der Waals surface area contributed by atoms with Crippen LogP contribution in [0.15, 0.2) is 61.2 Å². The van der Waals surface area contributed by atoms with Gasteiger partial charge in [0.1, 0.15) is 11.8 Å². The molecule has 1 aliphatic rings. The van der Waals surface area contributed by atoms with Crippen LogP contribution in [0.3, 0.4) is 0 Å². The Morgan fingerprint density at radius 3 is 2.28 bits per heavy atom. The van der Waals surface area contributed by atoms with Crippen molar-refractivity contribution >= 4 is 29.4 Å². The van der Waals surface area contributed by atoms with Gasteiger partial charge in [-0.05, 0) is 55.5 Å². The third-order valence-electron chi connectivity index (χ3n) is 5.06. The molecule has 8 heteroatoms. The Hall–Kier alpha value is -3.94. The van der Waals surface area contributed by atoms with Crippen molar-refractivity contribution in [2.45, 2.75) is 19.4 Å². The van der Waals surface area contributed by atoms with Gasteiger partial charge >= 0.3 is 5.97 Å². The minimum atomic E-state index is -0.958. The first-order valence-electron chi connectivity index (χ1n) is 10.1. The Balaban J connectivity index is 1.83. The zero-order chi connectivity index (χ0) is 23.3. The molecule has 3 amide bonds. The van der Waals surface area contributed by atoms with E-state index >= 15 is 0 Å². The molecule has 1 saturated heterocycles. The Bertz CT molecular complexity index is 1030. The highest BCUT2D eigenvalue weighted by atomic mass is 16.5. The minimum absolute atomic E-state index is 0.101. The third-order valence-corrected chi connectivity index (χ3v) is 5.06. The molecule has 1 aliphatic heterocycles. The van der Waals surface area contributed by atoms with Crippen LogP contribution in [0.5, 0.6) is 5.75 Å². The summed E-state index contributed by atoms with van der Waals surface area (Å²) in [4.78, 5) is 53.2. The second-order valence-electron chi connectivity index (χ2n) is 7.03. The van der Waals surface area contributed by atoms with Crippen molar-refractivity contribution in [2.24, 2.45) is 0 Å². The summed E-state index contributed by atoms with van der Waals surface area (Å²) in [6, 6.07) is 11.5. The fraction of sp³-hybridized carbons (Fsp3) is 0.250. The van der Waals surface area contributed by atoms with Crippen molar-refractivity contribution in [3.05, 3.63) is 72.3 Å². The Labute approximate surface area is 186 Å². The van der Waals surface area contributed by atoms with Gasteiger partial charge in [-0.2, -0.15) is 0 Å². The molecule has 0 aliphatic carbocycles. The second-order valence-corrected chi connectivity index (χ2v) is 7.03. The normalized spacial score (nSPS) is 15.4. The summed E-state index contributed by atoms with van der Waals surface area (Å²) in [5.74, 6) is -1.22. The van der Waals surface area contributed by atoms with E-state index in [1.165, 1.54) is 42.4 Å². The van der Waals surface area contributed by atoms with E-state index in [0.29, 0.717) is 22.6 Å². The van der Waals surface area contributed by atoms with Crippen LogP contribution < -0.4 is 9.64 Å². The molecule has 0 N–H and O–H groups in total. The number of carbonyl (C=O) groups is 4. The molecule has 0 aromatic heterocycles. The van der Waals surface area contributed by atoms with Crippen LogP contribution in [0.25, 0.3) is 0 Å². The first-order chi connectivity index (χ1) is 15.4. The van der Waals surface area contributed by atoms with E-state index < -0.39 is 29.7 Å². The molecule has 32 heavy (non-hydrogen) atoms. The molecule has 1 atom stereocenters. The molecule has 1 heterocycles. The van der Waals surface area contributed by atoms with E-state index in [2.05, 4.69) is 6.58 Å². The topological polar surface area (TPSA) is 93.2 Å². The fourth-order valence-electron chi connectivity index (χ4n) is 3.48. The Morgan fingerprint density at radius 1 is 1.09 bits per heavy atom. The van der Waals surface area contributed by atoms with Gasteiger partial charge in [0.25, 0.3) is 11.8 Å². The number of rotatable bonds is 8. The number of benzene rings is 2. The molecule has 1 unspecified atom stereocenters. The minimum Gasteiger partial charge on any atom is -0.497 e. The van der Waals surface area contributed by atoms with Crippen molar-refractivity contribution in [3.63, 3.8) is 0 Å². The number of ether oxygens (including phenoxy) is 2. The van der Waals surface area contributed by atoms with Gasteiger partial charge in [0, 0.05) is 12.1 Å². The van der Waals surface area contributed by atoms with E-state index in [1.807, 2.05) is 0 Å². The van der Waals surface area contributed by atoms with Crippen LogP contribution in [-0.2, 0) is 14.3 Å². The number of hydrogen-bond donors (Lipinski definition) is 0. The predicted molar refractivity (Wildman–Crippen MR) is 118 cm³/mol. The third kappa shape index (κ3) is 4.54. The molecule has 0 saturated carbocycles. The van der Waals surface area contributed by atoms with Gasteiger partial charge in [-0.15, -0.1) is 6.58 Å². The number of amides is 3. The summed E-state index contributed by atoms with van der Waals surface area (Å²) >= 11 is 0. The standard InChI is InChI=1S/C24H24N2O6/c1-4-14-25(22(28)16-8-12-19(31-3)13-9-16)20-15-21(27)26(23(20)29)18-10-6-17(7-11-18)24(30)32-5-2/h4,6-13,20H,1,5,14-15H2,2-3H3. The van der Waals surface area contributed by atoms with Gasteiger partial charge in [0.2, 0.25) is 5.91 Å². The summed E-state index contributed by atoms with van der Waals surface area (Å²) in [6.45, 7) is 5.72. The van der Waals surface area contributed by atoms with E-state index in [1.54, 1.807) is 31.2 Å². The lowest BCUT2D eigenvalue weighted by atomic mass is 10.1. The number of imide groups is 1. The second kappa shape index (κ2) is 9.91. The SMILES string of the molecule is C=CCN(C(=O)c1ccc(OC)cc1)C1CC(=O)N(c2ccc(C(=O)OCC)cc2)C1=O. The van der Waals surface area contributed by atoms with Crippen molar-refractivity contribution in [1.29, 1.82) is 0 Å². The molecule has 2 aromatic carbocycles. The molecule has 2 aromatic rings. The first kappa shape index (κ1) is 22.7. The highest BCUT2D eigenvalue weighted by molar-refractivity contribution is 6.23. The number of carbonyl (C=O) groups excluding carboxylic acids is 4. The maximum atomic E-state index is 13.2. The highest BCUT2D eigenvalue weighted by Gasteiger charge is 2.44. The number of methoxy groups -OCH3 is 1. The van der Waals surface area contributed by atoms with Crippen LogP contribution in [0.4, 0.5) is 5.69 Å². The maximum absolute atomic E-state index is 13.2. The average Bonchev–Trinajstić information content (AvgIpc) is 3.10. The Morgan fingerprint density at radius 2 is 1.72 bits per heavy atom. The van der Waals surface area contributed by atoms with E-state index in [9.17, 15) is 19.2 Å². The molecule has 8 nitrogen and oxygen atoms in total. The number of nitrogens with zero attached hydrogens (tertiary/aromatic N) is 2. The van der Waals surface area contributed by atoms with Crippen LogP contribution in [0.1, 0.15) is 34.1 Å². The van der Waals surface area contributed by atoms with Gasteiger partial charge < -0.3 is 14.4 Å². The largest absolute Gasteiger partial charge is 0.497 e. The molecule has 166 valence electrons. The zero-order valence-corrected chi connectivity index (χ0v) is 17.9. The van der Waals surface area contributed by atoms with Gasteiger partial charge in [0.15, 0.2) is 0 Å². The molecular formula is C24H24N2O6. The monoisotopic (exact) mass is 436 g/mol. The van der Waals surface area contributed by atoms with Crippen molar-refractivity contribution in [2.75, 3.05) is 25.2 Å². The lowest BCUT2D eigenvalue weighted by Crippen LogP contribution is -2.45. The van der Waals surface area contributed by atoms with Crippen molar-refractivity contribution in [1.82, 2.24) is 4.90 Å². The smallest absolute Gasteiger partial charge is 0.338 e. The maximum Gasteiger partial charge on any atom is 0.338 e. The van der Waals surface area contributed by atoms with Crippen molar-refractivity contribution in [3.8, 4) is 5.75 Å². The fourth-order valence-corrected chi connectivity index (χ4v) is 3.48. The van der Waals surface area contributed by atoms with Crippen LogP contribution in [0.2, 0.25) is 0 Å². The van der Waals surface area contributed by atoms with E-state index in [-0.39, 0.29) is 19.6 Å². The van der Waals surface area contributed by atoms with Crippen LogP contribution in [0, 0.1) is 0 Å². The predicted octanol–water partition coefficient (Wildman–Crippen LogP) is 2.83. The summed E-state index contributed by atoms with van der Waals surface area (Å²) in [5.41, 5.74) is 1.00. The van der Waals surface area contributed by atoms with E-state index in [4.69, 9.17) is 9.47 Å². The van der Waals surface area contributed by atoms with Gasteiger partial charge in [0.05, 0.1) is 31.4 Å². The Kier molecular flexibility index (Phi) is 7.04. The summed E-state index contributed by atoms with van der Waals surface area (Å²) in [5, 5.41) is 0. The van der Waals surface area contributed by atoms with Gasteiger partial charge in [-0.25, -0.2) is 9.69 Å². The highest BCUT2D eigenvalue weighted by Crippen LogP contribution is 2.27. The van der Waals surface area contributed by atoms with E-state index in [0.717, 1.165) is 4.90 Å². The lowest BCUT2D eigenvalue weighted by molar-refractivity contribution is -0.122. The molecule has 1 fully saturated rings. The first-order valence-corrected chi connectivity index (χ1v) is 10.1. The summed E-state index contributed by atoms with van der Waals surface area (Å²) < 4.78 is 10.1. The molecule has 0 bridgehead atoms. The van der Waals surface area contributed by atoms with Crippen LogP contribution in [-0.4, -0.2) is 54.9 Å². The molecule has 0 spiro atoms. The molecule has 3 rings (SSSR count). The number of anilines is 1. The molecular weight excluding hydrogens is 412 g/mol. The van der Waals surface area contributed by atoms with Gasteiger partial charge in [-0.1, -0.05) is 6.08 Å². The number of esters is 1. The molecule has 0 radical (unpaired) electrons. The van der Waals surface area contributed by atoms with Crippen molar-refractivity contribution < 1.29 is 28.7 Å². The summed E-state index contributed by atoms with van der Waals surface area (Å²) in [7, 11) is 1.53. The number of hydrogen-bond acceptors (Lipinski definition) is 6. The quantitative estimate of drug-likeness (QED) is 0.359. The average molecular weight is 436 g/mol. The van der Waals surface area contributed by atoms with Gasteiger partial charge in [-0.3, -0.25) is 14.4 Å². The lowest BCUT2D eigenvalue weighted by Gasteiger charge is -2.26. The summed E-state index contributed by atoms with van der Waals surface area (Å²) in [6.07, 6.45) is 1.37. The zero-order valence-electron chi connectivity index (χ0n) is 17.9.